The van der Waals surface area contributed by atoms with Crippen LogP contribution in [0.5, 0.6) is 11.5 Å². The molecule has 0 saturated carbocycles. The Kier molecular flexibility index (Phi) is 5.85. The fourth-order valence-electron chi connectivity index (χ4n) is 3.84. The van der Waals surface area contributed by atoms with E-state index in [1.807, 2.05) is 30.5 Å². The molecule has 0 bridgehead atoms. The van der Waals surface area contributed by atoms with Gasteiger partial charge in [-0.3, -0.25) is 9.52 Å². The molecule has 0 atom stereocenters. The van der Waals surface area contributed by atoms with Gasteiger partial charge in [-0.1, -0.05) is 18.2 Å². The predicted octanol–water partition coefficient (Wildman–Crippen LogP) is 4.31. The maximum absolute atomic E-state index is 12.8. The van der Waals surface area contributed by atoms with E-state index in [1.54, 1.807) is 30.3 Å². The number of sulfonamides is 1. The molecule has 0 saturated heterocycles. The molecule has 0 fully saturated rings. The average molecular weight is 478 g/mol. The minimum Gasteiger partial charge on any atom is -0.486 e. The van der Waals surface area contributed by atoms with Crippen molar-refractivity contribution in [2.24, 2.45) is 0 Å². The average Bonchev–Trinajstić information content (AvgIpc) is 3.27. The normalized spacial score (nSPS) is 12.9. The van der Waals surface area contributed by atoms with E-state index in [0.29, 0.717) is 48.9 Å². The van der Waals surface area contributed by atoms with Crippen molar-refractivity contribution in [1.29, 1.82) is 0 Å². The summed E-state index contributed by atoms with van der Waals surface area (Å²) in [6, 6.07) is 19.0. The highest BCUT2D eigenvalue weighted by atomic mass is 32.2. The third-order valence-electron chi connectivity index (χ3n) is 5.54. The van der Waals surface area contributed by atoms with E-state index in [1.165, 1.54) is 12.1 Å². The second kappa shape index (κ2) is 9.11. The van der Waals surface area contributed by atoms with Gasteiger partial charge in [0.25, 0.3) is 10.0 Å². The number of carbonyl (C=O) groups excluding carboxylic acids is 1. The molecule has 174 valence electrons. The van der Waals surface area contributed by atoms with Crippen LogP contribution in [0.2, 0.25) is 0 Å². The zero-order valence-electron chi connectivity index (χ0n) is 18.2. The van der Waals surface area contributed by atoms with Gasteiger partial charge in [0.15, 0.2) is 11.5 Å². The molecule has 2 heterocycles. The van der Waals surface area contributed by atoms with Crippen molar-refractivity contribution in [3.8, 4) is 11.5 Å². The van der Waals surface area contributed by atoms with Crippen molar-refractivity contribution in [2.75, 3.05) is 23.3 Å². The van der Waals surface area contributed by atoms with Crippen molar-refractivity contribution in [1.82, 2.24) is 4.98 Å². The molecule has 0 unspecified atom stereocenters. The van der Waals surface area contributed by atoms with Crippen LogP contribution in [-0.2, 0) is 21.2 Å². The number of aromatic nitrogens is 1. The van der Waals surface area contributed by atoms with E-state index in [4.69, 9.17) is 9.47 Å². The maximum atomic E-state index is 12.8. The number of fused-ring (bicyclic) bond motifs is 2. The number of para-hydroxylation sites is 1. The van der Waals surface area contributed by atoms with Gasteiger partial charge in [0.1, 0.15) is 13.2 Å². The number of ether oxygens (including phenoxy) is 2. The van der Waals surface area contributed by atoms with E-state index in [2.05, 4.69) is 15.0 Å². The summed E-state index contributed by atoms with van der Waals surface area (Å²) in [5.41, 5.74) is 3.11. The number of hydrogen-bond donors (Lipinski definition) is 3. The van der Waals surface area contributed by atoms with Gasteiger partial charge in [-0.15, -0.1) is 0 Å². The smallest absolute Gasteiger partial charge is 0.262 e. The van der Waals surface area contributed by atoms with Gasteiger partial charge in [-0.05, 0) is 54.4 Å². The molecule has 4 aromatic rings. The first-order valence-electron chi connectivity index (χ1n) is 10.9. The van der Waals surface area contributed by atoms with E-state index in [-0.39, 0.29) is 10.8 Å². The van der Waals surface area contributed by atoms with Crippen LogP contribution in [0.15, 0.2) is 77.8 Å². The summed E-state index contributed by atoms with van der Waals surface area (Å²) in [4.78, 5) is 15.7. The number of aryl methyl sites for hydroxylation is 1. The van der Waals surface area contributed by atoms with Crippen LogP contribution >= 0.6 is 0 Å². The standard InChI is InChI=1S/C25H23N3O5S/c29-25(12-5-17-16-26-22-4-2-1-3-21(17)22)27-18-6-8-19(9-7-18)28-34(30,31)20-10-11-23-24(15-20)33-14-13-32-23/h1-4,6-11,15-16,26,28H,5,12-14H2,(H,27,29). The Balaban J connectivity index is 1.19. The Morgan fingerprint density at radius 3 is 2.47 bits per heavy atom. The first-order valence-corrected chi connectivity index (χ1v) is 12.3. The second-order valence-electron chi connectivity index (χ2n) is 7.90. The van der Waals surface area contributed by atoms with Gasteiger partial charge >= 0.3 is 0 Å². The fraction of sp³-hybridized carbons (Fsp3) is 0.160. The molecule has 1 aliphatic heterocycles. The van der Waals surface area contributed by atoms with Gasteiger partial charge in [0, 0.05) is 41.0 Å². The van der Waals surface area contributed by atoms with Gasteiger partial charge in [0.2, 0.25) is 5.91 Å². The van der Waals surface area contributed by atoms with Crippen LogP contribution in [0.4, 0.5) is 11.4 Å². The summed E-state index contributed by atoms with van der Waals surface area (Å²) in [7, 11) is -3.81. The number of hydrogen-bond acceptors (Lipinski definition) is 5. The van der Waals surface area contributed by atoms with E-state index in [0.717, 1.165) is 16.5 Å². The van der Waals surface area contributed by atoms with Crippen LogP contribution in [-0.4, -0.2) is 32.5 Å². The highest BCUT2D eigenvalue weighted by molar-refractivity contribution is 7.92. The summed E-state index contributed by atoms with van der Waals surface area (Å²) < 4.78 is 39.0. The number of amides is 1. The van der Waals surface area contributed by atoms with Crippen LogP contribution in [0.1, 0.15) is 12.0 Å². The molecule has 1 amide bonds. The largest absolute Gasteiger partial charge is 0.486 e. The number of anilines is 2. The molecular formula is C25H23N3O5S. The lowest BCUT2D eigenvalue weighted by molar-refractivity contribution is -0.116. The highest BCUT2D eigenvalue weighted by Crippen LogP contribution is 2.32. The second-order valence-corrected chi connectivity index (χ2v) is 9.58. The van der Waals surface area contributed by atoms with Gasteiger partial charge < -0.3 is 19.8 Å². The van der Waals surface area contributed by atoms with Crippen LogP contribution < -0.4 is 19.5 Å². The van der Waals surface area contributed by atoms with Crippen molar-refractivity contribution in [3.63, 3.8) is 0 Å². The Morgan fingerprint density at radius 2 is 1.65 bits per heavy atom. The Bertz CT molecular complexity index is 1450. The summed E-state index contributed by atoms with van der Waals surface area (Å²) in [5, 5.41) is 3.97. The highest BCUT2D eigenvalue weighted by Gasteiger charge is 2.19. The molecular weight excluding hydrogens is 454 g/mol. The number of benzene rings is 3. The first-order chi connectivity index (χ1) is 16.5. The molecule has 5 rings (SSSR count). The topological polar surface area (TPSA) is 110 Å². The van der Waals surface area contributed by atoms with Crippen molar-refractivity contribution < 1.29 is 22.7 Å². The van der Waals surface area contributed by atoms with E-state index < -0.39 is 10.0 Å². The molecule has 9 heteroatoms. The molecule has 0 spiro atoms. The summed E-state index contributed by atoms with van der Waals surface area (Å²) in [6.45, 7) is 0.808. The number of nitrogens with one attached hydrogen (secondary N) is 3. The zero-order chi connectivity index (χ0) is 23.5. The fourth-order valence-corrected chi connectivity index (χ4v) is 4.91. The number of aromatic amines is 1. The third kappa shape index (κ3) is 4.69. The summed E-state index contributed by atoms with van der Waals surface area (Å²) >= 11 is 0. The molecule has 3 N–H and O–H groups in total. The lowest BCUT2D eigenvalue weighted by Gasteiger charge is -2.19. The van der Waals surface area contributed by atoms with Crippen molar-refractivity contribution >= 4 is 38.2 Å². The molecule has 8 nitrogen and oxygen atoms in total. The SMILES string of the molecule is O=C(CCc1c[nH]c2ccccc12)Nc1ccc(NS(=O)(=O)c2ccc3c(c2)OCCO3)cc1. The first kappa shape index (κ1) is 21.8. The van der Waals surface area contributed by atoms with Gasteiger partial charge in [-0.2, -0.15) is 0 Å². The van der Waals surface area contributed by atoms with E-state index >= 15 is 0 Å². The molecule has 0 radical (unpaired) electrons. The monoisotopic (exact) mass is 477 g/mol. The van der Waals surface area contributed by atoms with Crippen molar-refractivity contribution in [3.05, 3.63) is 78.5 Å². The molecule has 1 aliphatic rings. The molecule has 0 aliphatic carbocycles. The minimum absolute atomic E-state index is 0.0754. The Morgan fingerprint density at radius 1 is 0.912 bits per heavy atom. The molecule has 34 heavy (non-hydrogen) atoms. The summed E-state index contributed by atoms with van der Waals surface area (Å²) in [6.07, 6.45) is 2.88. The van der Waals surface area contributed by atoms with Gasteiger partial charge in [0.05, 0.1) is 4.90 Å². The lowest BCUT2D eigenvalue weighted by Crippen LogP contribution is -2.17. The minimum atomic E-state index is -3.81. The van der Waals surface area contributed by atoms with E-state index in [9.17, 15) is 13.2 Å². The molecule has 3 aromatic carbocycles. The Hall–Kier alpha value is -3.98. The number of carbonyl (C=O) groups is 1. The number of rotatable bonds is 7. The van der Waals surface area contributed by atoms with Crippen LogP contribution in [0.25, 0.3) is 10.9 Å². The zero-order valence-corrected chi connectivity index (χ0v) is 19.0. The Labute approximate surface area is 197 Å². The molecule has 1 aromatic heterocycles. The predicted molar refractivity (Wildman–Crippen MR) is 130 cm³/mol. The van der Waals surface area contributed by atoms with Crippen LogP contribution in [0, 0.1) is 0 Å². The summed E-state index contributed by atoms with van der Waals surface area (Å²) in [5.74, 6) is 0.810. The quantitative estimate of drug-likeness (QED) is 0.367. The third-order valence-corrected chi connectivity index (χ3v) is 6.92. The number of H-pyrrole nitrogens is 1. The van der Waals surface area contributed by atoms with Crippen LogP contribution in [0.3, 0.4) is 0 Å². The van der Waals surface area contributed by atoms with Crippen molar-refractivity contribution in [2.45, 2.75) is 17.7 Å². The maximum Gasteiger partial charge on any atom is 0.262 e. The van der Waals surface area contributed by atoms with Gasteiger partial charge in [-0.25, -0.2) is 8.42 Å². The lowest BCUT2D eigenvalue weighted by atomic mass is 10.1.